The van der Waals surface area contributed by atoms with Crippen molar-refractivity contribution in [2.75, 3.05) is 6.61 Å². The van der Waals surface area contributed by atoms with Gasteiger partial charge in [0, 0.05) is 0 Å². The van der Waals surface area contributed by atoms with E-state index in [-0.39, 0.29) is 10.8 Å². The van der Waals surface area contributed by atoms with Gasteiger partial charge in [0.2, 0.25) is 0 Å². The Morgan fingerprint density at radius 2 is 2.26 bits per heavy atom. The van der Waals surface area contributed by atoms with Crippen molar-refractivity contribution in [3.8, 4) is 0 Å². The number of aliphatic hydroxyl groups excluding tert-OH is 1. The molecule has 2 atom stereocenters. The summed E-state index contributed by atoms with van der Waals surface area (Å²) in [6, 6.07) is 1.70. The monoisotopic (exact) mass is 307 g/mol. The summed E-state index contributed by atoms with van der Waals surface area (Å²) in [5.74, 6) is -0.781. The number of hydrogen-bond donors (Lipinski definition) is 2. The number of carbonyl (C=O) groups is 1. The molecule has 0 bridgehead atoms. The van der Waals surface area contributed by atoms with Gasteiger partial charge in [-0.3, -0.25) is 4.79 Å². The molecular formula is C11H17NO5S2. The number of sulfonamides is 1. The van der Waals surface area contributed by atoms with Crippen LogP contribution in [0.1, 0.15) is 20.3 Å². The van der Waals surface area contributed by atoms with Crippen LogP contribution in [-0.2, 0) is 19.6 Å². The topological polar surface area (TPSA) is 92.7 Å². The van der Waals surface area contributed by atoms with E-state index in [0.717, 1.165) is 11.3 Å². The minimum atomic E-state index is -3.82. The van der Waals surface area contributed by atoms with E-state index >= 15 is 0 Å². The fraction of sp³-hybridized carbons (Fsp3) is 0.545. The molecule has 0 radical (unpaired) electrons. The third kappa shape index (κ3) is 4.57. The lowest BCUT2D eigenvalue weighted by Crippen LogP contribution is -2.48. The molecule has 8 heteroatoms. The zero-order valence-electron chi connectivity index (χ0n) is 10.7. The molecule has 0 amide bonds. The van der Waals surface area contributed by atoms with Crippen LogP contribution in [0.15, 0.2) is 21.7 Å². The molecule has 0 fully saturated rings. The van der Waals surface area contributed by atoms with Gasteiger partial charge >= 0.3 is 5.97 Å². The minimum Gasteiger partial charge on any atom is -0.464 e. The summed E-state index contributed by atoms with van der Waals surface area (Å²) in [7, 11) is -3.82. The van der Waals surface area contributed by atoms with Gasteiger partial charge < -0.3 is 9.84 Å². The molecule has 0 saturated carbocycles. The number of ether oxygens (including phenoxy) is 1. The average molecular weight is 307 g/mol. The van der Waals surface area contributed by atoms with Gasteiger partial charge in [0.1, 0.15) is 10.3 Å². The molecule has 19 heavy (non-hydrogen) atoms. The van der Waals surface area contributed by atoms with Crippen molar-refractivity contribution in [1.29, 1.82) is 0 Å². The third-order valence-corrected chi connectivity index (χ3v) is 5.07. The zero-order chi connectivity index (χ0) is 14.5. The maximum Gasteiger partial charge on any atom is 0.326 e. The predicted molar refractivity (Wildman–Crippen MR) is 71.4 cm³/mol. The van der Waals surface area contributed by atoms with Gasteiger partial charge in [-0.25, -0.2) is 8.42 Å². The first-order chi connectivity index (χ1) is 8.88. The van der Waals surface area contributed by atoms with Crippen molar-refractivity contribution in [2.45, 2.75) is 36.6 Å². The molecular weight excluding hydrogens is 290 g/mol. The number of thiophene rings is 1. The second-order valence-electron chi connectivity index (χ2n) is 3.94. The lowest BCUT2D eigenvalue weighted by Gasteiger charge is -2.19. The average Bonchev–Trinajstić information content (AvgIpc) is 2.87. The highest BCUT2D eigenvalue weighted by atomic mass is 32.2. The van der Waals surface area contributed by atoms with Crippen LogP contribution in [0, 0.1) is 0 Å². The lowest BCUT2D eigenvalue weighted by atomic mass is 10.2. The van der Waals surface area contributed by atoms with Gasteiger partial charge in [-0.15, -0.1) is 11.3 Å². The fourth-order valence-electron chi connectivity index (χ4n) is 1.28. The van der Waals surface area contributed by atoms with Crippen molar-refractivity contribution in [1.82, 2.24) is 4.72 Å². The predicted octanol–water partition coefficient (Wildman–Crippen LogP) is 0.729. The van der Waals surface area contributed by atoms with Crippen LogP contribution >= 0.6 is 11.3 Å². The van der Waals surface area contributed by atoms with Crippen LogP contribution < -0.4 is 4.72 Å². The molecule has 0 aliphatic carbocycles. The van der Waals surface area contributed by atoms with Crippen LogP contribution in [-0.4, -0.2) is 38.2 Å². The first-order valence-corrected chi connectivity index (χ1v) is 8.15. The molecule has 0 saturated heterocycles. The van der Waals surface area contributed by atoms with Gasteiger partial charge in [0.25, 0.3) is 10.0 Å². The van der Waals surface area contributed by atoms with Gasteiger partial charge in [-0.05, 0) is 24.8 Å². The molecule has 1 rings (SSSR count). The zero-order valence-corrected chi connectivity index (χ0v) is 12.3. The Labute approximate surface area is 116 Å². The largest absolute Gasteiger partial charge is 0.464 e. The van der Waals surface area contributed by atoms with Crippen molar-refractivity contribution in [2.24, 2.45) is 0 Å². The Morgan fingerprint density at radius 3 is 2.74 bits per heavy atom. The summed E-state index contributed by atoms with van der Waals surface area (Å²) in [4.78, 5) is 11.7. The number of aliphatic hydroxyl groups is 1. The van der Waals surface area contributed by atoms with E-state index in [1.54, 1.807) is 11.4 Å². The third-order valence-electron chi connectivity index (χ3n) is 2.23. The smallest absolute Gasteiger partial charge is 0.326 e. The summed E-state index contributed by atoms with van der Waals surface area (Å²) >= 11 is 1.03. The highest BCUT2D eigenvalue weighted by Crippen LogP contribution is 2.16. The highest BCUT2D eigenvalue weighted by molar-refractivity contribution is 7.91. The van der Waals surface area contributed by atoms with Gasteiger partial charge in [0.05, 0.1) is 12.7 Å². The quantitative estimate of drug-likeness (QED) is 0.724. The van der Waals surface area contributed by atoms with Crippen molar-refractivity contribution in [3.63, 3.8) is 0 Å². The molecule has 0 aliphatic heterocycles. The normalized spacial score (nSPS) is 14.9. The van der Waals surface area contributed by atoms with Crippen LogP contribution in [0.5, 0.6) is 0 Å². The maximum atomic E-state index is 12.0. The molecule has 1 aromatic heterocycles. The van der Waals surface area contributed by atoms with Crippen molar-refractivity contribution >= 4 is 27.3 Å². The summed E-state index contributed by atoms with van der Waals surface area (Å²) < 4.78 is 31.0. The number of esters is 1. The molecule has 2 N–H and O–H groups in total. The van der Waals surface area contributed by atoms with Crippen molar-refractivity contribution in [3.05, 3.63) is 17.5 Å². The SMILES string of the molecule is CCCOC(=O)C(NS(=O)(=O)c1cccs1)C(C)O. The van der Waals surface area contributed by atoms with E-state index in [9.17, 15) is 18.3 Å². The number of nitrogens with one attached hydrogen (secondary N) is 1. The van der Waals surface area contributed by atoms with Crippen LogP contribution in [0.2, 0.25) is 0 Å². The molecule has 108 valence electrons. The second kappa shape index (κ2) is 6.99. The standard InChI is InChI=1S/C11H17NO5S2/c1-3-6-17-11(14)10(8(2)13)12-19(15,16)9-5-4-7-18-9/h4-5,7-8,10,12-13H,3,6H2,1-2H3. The maximum absolute atomic E-state index is 12.0. The van der Waals surface area contributed by atoms with Crippen LogP contribution in [0.4, 0.5) is 0 Å². The van der Waals surface area contributed by atoms with Crippen molar-refractivity contribution < 1.29 is 23.1 Å². The molecule has 2 unspecified atom stereocenters. The van der Waals surface area contributed by atoms with Crippen LogP contribution in [0.25, 0.3) is 0 Å². The Morgan fingerprint density at radius 1 is 1.58 bits per heavy atom. The molecule has 0 aliphatic rings. The molecule has 0 spiro atoms. The number of hydrogen-bond acceptors (Lipinski definition) is 6. The first kappa shape index (κ1) is 16.1. The minimum absolute atomic E-state index is 0.0847. The highest BCUT2D eigenvalue weighted by Gasteiger charge is 2.31. The van der Waals surface area contributed by atoms with Gasteiger partial charge in [0.15, 0.2) is 0 Å². The van der Waals surface area contributed by atoms with E-state index in [4.69, 9.17) is 4.74 Å². The number of carbonyl (C=O) groups excluding carboxylic acids is 1. The Balaban J connectivity index is 2.82. The Hall–Kier alpha value is -0.960. The molecule has 1 heterocycles. The number of rotatable bonds is 7. The van der Waals surface area contributed by atoms with E-state index in [0.29, 0.717) is 6.42 Å². The van der Waals surface area contributed by atoms with Gasteiger partial charge in [-0.1, -0.05) is 13.0 Å². The molecule has 1 aromatic rings. The second-order valence-corrected chi connectivity index (χ2v) is 6.83. The fourth-order valence-corrected chi connectivity index (χ4v) is 3.55. The Kier molecular flexibility index (Phi) is 5.92. The summed E-state index contributed by atoms with van der Waals surface area (Å²) in [5, 5.41) is 11.1. The van der Waals surface area contributed by atoms with E-state index in [1.807, 2.05) is 6.92 Å². The lowest BCUT2D eigenvalue weighted by molar-refractivity contribution is -0.148. The first-order valence-electron chi connectivity index (χ1n) is 5.79. The van der Waals surface area contributed by atoms with Crippen LogP contribution in [0.3, 0.4) is 0 Å². The summed E-state index contributed by atoms with van der Waals surface area (Å²) in [5.41, 5.74) is 0. The summed E-state index contributed by atoms with van der Waals surface area (Å²) in [6.45, 7) is 3.33. The Bertz CT molecular complexity index is 495. The van der Waals surface area contributed by atoms with E-state index < -0.39 is 28.1 Å². The van der Waals surface area contributed by atoms with Gasteiger partial charge in [-0.2, -0.15) is 4.72 Å². The van der Waals surface area contributed by atoms with E-state index in [1.165, 1.54) is 13.0 Å². The summed E-state index contributed by atoms with van der Waals surface area (Å²) in [6.07, 6.45) is -0.560. The molecule has 0 aromatic carbocycles. The van der Waals surface area contributed by atoms with E-state index in [2.05, 4.69) is 4.72 Å². The molecule has 6 nitrogen and oxygen atoms in total.